The smallest absolute Gasteiger partial charge is 0.408 e. The lowest BCUT2D eigenvalue weighted by atomic mass is 10.00. The predicted octanol–water partition coefficient (Wildman–Crippen LogP) is 3.29. The lowest BCUT2D eigenvalue weighted by molar-refractivity contribution is -0.140. The monoisotopic (exact) mass is 566 g/mol. The fraction of sp³-hybridized carbons (Fsp3) is 0.379. The molecule has 1 saturated heterocycles. The number of alkyl carbamates (subject to hydrolysis) is 1. The zero-order valence-corrected chi connectivity index (χ0v) is 23.3. The van der Waals surface area contributed by atoms with Crippen LogP contribution in [0.2, 0.25) is 0 Å². The van der Waals surface area contributed by atoms with Crippen LogP contribution in [0, 0.1) is 5.92 Å². The molecule has 4 rings (SSSR count). The summed E-state index contributed by atoms with van der Waals surface area (Å²) < 4.78 is 10.6. The number of aromatic nitrogens is 1. The van der Waals surface area contributed by atoms with Crippen LogP contribution in [0.15, 0.2) is 77.5 Å². The molecule has 10 nitrogen and oxygen atoms in total. The maximum atomic E-state index is 13.6. The molecule has 0 aliphatic carbocycles. The minimum absolute atomic E-state index is 0.0753. The molecule has 0 radical (unpaired) electrons. The van der Waals surface area contributed by atoms with Gasteiger partial charge >= 0.3 is 6.09 Å². The van der Waals surface area contributed by atoms with Gasteiger partial charge in [-0.15, -0.1) is 11.8 Å². The Kier molecular flexibility index (Phi) is 10.2. The Morgan fingerprint density at radius 2 is 1.75 bits per heavy atom. The molecule has 1 unspecified atom stereocenters. The van der Waals surface area contributed by atoms with E-state index in [1.54, 1.807) is 0 Å². The number of thioether (sulfide) groups is 1. The molecule has 3 N–H and O–H groups in total. The highest BCUT2D eigenvalue weighted by Gasteiger charge is 2.40. The number of oxazole rings is 1. The van der Waals surface area contributed by atoms with Crippen LogP contribution in [0.4, 0.5) is 4.79 Å². The molecular weight excluding hydrogens is 532 g/mol. The number of amides is 3. The van der Waals surface area contributed by atoms with Crippen molar-refractivity contribution in [1.82, 2.24) is 20.5 Å². The summed E-state index contributed by atoms with van der Waals surface area (Å²) >= 11 is 1.45. The molecule has 0 saturated carbocycles. The summed E-state index contributed by atoms with van der Waals surface area (Å²) in [5.41, 5.74) is 1.74. The van der Waals surface area contributed by atoms with Crippen LogP contribution in [0.3, 0.4) is 0 Å². The molecule has 0 spiro atoms. The van der Waals surface area contributed by atoms with Crippen molar-refractivity contribution < 1.29 is 28.6 Å². The maximum Gasteiger partial charge on any atom is 0.408 e. The van der Waals surface area contributed by atoms with Crippen LogP contribution in [0.5, 0.6) is 0 Å². The van der Waals surface area contributed by atoms with E-state index in [1.807, 2.05) is 74.5 Å². The highest BCUT2D eigenvalue weighted by atomic mass is 32.2. The lowest BCUT2D eigenvalue weighted by Gasteiger charge is -2.31. The summed E-state index contributed by atoms with van der Waals surface area (Å²) in [6.07, 6.45) is 1.21. The first-order chi connectivity index (χ1) is 19.3. The van der Waals surface area contributed by atoms with Crippen molar-refractivity contribution in [3.63, 3.8) is 0 Å². The summed E-state index contributed by atoms with van der Waals surface area (Å²) in [5, 5.41) is 16.6. The summed E-state index contributed by atoms with van der Waals surface area (Å²) in [6, 6.07) is 16.3. The quantitative estimate of drug-likeness (QED) is 0.322. The highest BCUT2D eigenvalue weighted by molar-refractivity contribution is 7.99. The summed E-state index contributed by atoms with van der Waals surface area (Å²) in [5.74, 6) is -0.249. The van der Waals surface area contributed by atoms with Gasteiger partial charge in [-0.3, -0.25) is 9.59 Å². The largest absolute Gasteiger partial charge is 0.446 e. The van der Waals surface area contributed by atoms with E-state index in [4.69, 9.17) is 9.15 Å². The highest BCUT2D eigenvalue weighted by Crippen LogP contribution is 2.25. The Labute approximate surface area is 237 Å². The van der Waals surface area contributed by atoms with Crippen LogP contribution < -0.4 is 10.6 Å². The lowest BCUT2D eigenvalue weighted by Crippen LogP contribution is -2.57. The van der Waals surface area contributed by atoms with Crippen molar-refractivity contribution in [2.24, 2.45) is 5.92 Å². The van der Waals surface area contributed by atoms with Crippen molar-refractivity contribution >= 4 is 29.7 Å². The van der Waals surface area contributed by atoms with Gasteiger partial charge in [0.05, 0.1) is 18.1 Å². The van der Waals surface area contributed by atoms with E-state index < -0.39 is 36.2 Å². The van der Waals surface area contributed by atoms with Crippen LogP contribution in [-0.2, 0) is 27.4 Å². The fourth-order valence-electron chi connectivity index (χ4n) is 4.40. The van der Waals surface area contributed by atoms with E-state index in [-0.39, 0.29) is 24.3 Å². The van der Waals surface area contributed by atoms with E-state index in [0.29, 0.717) is 18.1 Å². The molecule has 11 heteroatoms. The van der Waals surface area contributed by atoms with Crippen LogP contribution in [0.25, 0.3) is 0 Å². The number of hydrogen-bond donors (Lipinski definition) is 3. The van der Waals surface area contributed by atoms with Crippen molar-refractivity contribution in [2.45, 2.75) is 51.1 Å². The van der Waals surface area contributed by atoms with E-state index >= 15 is 0 Å². The molecule has 1 aromatic heterocycles. The van der Waals surface area contributed by atoms with Gasteiger partial charge < -0.3 is 29.8 Å². The normalized spacial score (nSPS) is 17.2. The number of ether oxygens (including phenoxy) is 1. The molecule has 2 aromatic carbocycles. The van der Waals surface area contributed by atoms with Gasteiger partial charge in [0.1, 0.15) is 25.0 Å². The Hall–Kier alpha value is -3.83. The number of carbonyl (C=O) groups excluding carboxylic acids is 3. The topological polar surface area (TPSA) is 134 Å². The van der Waals surface area contributed by atoms with Crippen molar-refractivity contribution in [2.75, 3.05) is 11.6 Å². The average Bonchev–Trinajstić information content (AvgIpc) is 3.68. The zero-order valence-electron chi connectivity index (χ0n) is 22.4. The molecule has 0 bridgehead atoms. The van der Waals surface area contributed by atoms with Crippen LogP contribution in [0.1, 0.15) is 37.0 Å². The Morgan fingerprint density at radius 1 is 1.07 bits per heavy atom. The zero-order chi connectivity index (χ0) is 28.5. The SMILES string of the molecule is CC(C)[C@H](NC(=O)OCc1ccccc1)C(=O)N1CSC[C@H]1C(=O)N[C@@H](Cc1ccccc1)C(O)c1ncco1. The number of aliphatic hydroxyl groups is 1. The first-order valence-corrected chi connectivity index (χ1v) is 14.3. The van der Waals surface area contributed by atoms with Gasteiger partial charge in [0.25, 0.3) is 0 Å². The maximum absolute atomic E-state index is 13.6. The molecule has 212 valence electrons. The van der Waals surface area contributed by atoms with E-state index in [9.17, 15) is 19.5 Å². The van der Waals surface area contributed by atoms with Gasteiger partial charge in [-0.1, -0.05) is 74.5 Å². The third-order valence-electron chi connectivity index (χ3n) is 6.60. The second-order valence-electron chi connectivity index (χ2n) is 9.87. The fourth-order valence-corrected chi connectivity index (χ4v) is 5.57. The number of rotatable bonds is 11. The third kappa shape index (κ3) is 7.64. The Balaban J connectivity index is 1.43. The van der Waals surface area contributed by atoms with Gasteiger partial charge in [0.15, 0.2) is 6.10 Å². The third-order valence-corrected chi connectivity index (χ3v) is 7.61. The van der Waals surface area contributed by atoms with E-state index in [2.05, 4.69) is 15.6 Å². The van der Waals surface area contributed by atoms with Crippen molar-refractivity contribution in [3.8, 4) is 0 Å². The molecule has 3 amide bonds. The Morgan fingerprint density at radius 3 is 2.38 bits per heavy atom. The number of nitrogens with zero attached hydrogens (tertiary/aromatic N) is 2. The van der Waals surface area contributed by atoms with Gasteiger partial charge in [-0.05, 0) is 23.5 Å². The summed E-state index contributed by atoms with van der Waals surface area (Å²) in [4.78, 5) is 45.2. The van der Waals surface area contributed by atoms with Crippen molar-refractivity contribution in [1.29, 1.82) is 0 Å². The van der Waals surface area contributed by atoms with Gasteiger partial charge in [-0.25, -0.2) is 9.78 Å². The van der Waals surface area contributed by atoms with Crippen LogP contribution in [-0.4, -0.2) is 62.7 Å². The van der Waals surface area contributed by atoms with Gasteiger partial charge in [0.2, 0.25) is 17.7 Å². The standard InChI is InChI=1S/C29H34N4O6S/c1-19(2)24(32-29(37)39-16-21-11-7-4-8-12-21)28(36)33-18-40-17-23(33)26(35)31-22(15-20-9-5-3-6-10-20)25(34)27-30-13-14-38-27/h3-14,19,22-25,34H,15-18H2,1-2H3,(H,31,35)(H,32,37)/t22-,23-,24-,25?/m0/s1. The summed E-state index contributed by atoms with van der Waals surface area (Å²) in [6.45, 7) is 3.72. The Bertz CT molecular complexity index is 1240. The number of benzene rings is 2. The summed E-state index contributed by atoms with van der Waals surface area (Å²) in [7, 11) is 0. The van der Waals surface area contributed by atoms with E-state index in [0.717, 1.165) is 11.1 Å². The minimum atomic E-state index is -1.19. The average molecular weight is 567 g/mol. The number of carbonyl (C=O) groups is 3. The molecule has 40 heavy (non-hydrogen) atoms. The van der Waals surface area contributed by atoms with Gasteiger partial charge in [0, 0.05) is 5.75 Å². The van der Waals surface area contributed by atoms with Crippen LogP contribution >= 0.6 is 11.8 Å². The number of aliphatic hydroxyl groups excluding tert-OH is 1. The molecule has 2 heterocycles. The molecule has 3 aromatic rings. The first-order valence-electron chi connectivity index (χ1n) is 13.1. The molecule has 1 aliphatic rings. The molecule has 1 aliphatic heterocycles. The van der Waals surface area contributed by atoms with Gasteiger partial charge in [-0.2, -0.15) is 0 Å². The molecule has 4 atom stereocenters. The minimum Gasteiger partial charge on any atom is -0.446 e. The van der Waals surface area contributed by atoms with Crippen molar-refractivity contribution in [3.05, 3.63) is 90.1 Å². The second-order valence-corrected chi connectivity index (χ2v) is 10.9. The number of hydrogen-bond acceptors (Lipinski definition) is 8. The number of nitrogens with one attached hydrogen (secondary N) is 2. The predicted molar refractivity (Wildman–Crippen MR) is 150 cm³/mol. The molecule has 1 fully saturated rings. The first kappa shape index (κ1) is 29.2. The second kappa shape index (κ2) is 14.0. The van der Waals surface area contributed by atoms with E-state index in [1.165, 1.54) is 29.1 Å². The molecular formula is C29H34N4O6S.